The Morgan fingerprint density at radius 1 is 1.42 bits per heavy atom. The molecular formula is C8H15NO3. The van der Waals surface area contributed by atoms with Crippen LogP contribution in [-0.4, -0.2) is 55.2 Å². The van der Waals surface area contributed by atoms with E-state index in [0.717, 1.165) is 0 Å². The first-order chi connectivity index (χ1) is 5.68. The minimum Gasteiger partial charge on any atom is -0.391 e. The molecule has 2 bridgehead atoms. The van der Waals surface area contributed by atoms with E-state index in [0.29, 0.717) is 13.0 Å². The number of hydrogen-bond donors (Lipinski definition) is 1. The number of nitrogens with zero attached hydrogens (tertiary/aromatic N) is 1. The summed E-state index contributed by atoms with van der Waals surface area (Å²) in [5, 5.41) is 9.72. The summed E-state index contributed by atoms with van der Waals surface area (Å²) in [6.45, 7) is 0.631. The van der Waals surface area contributed by atoms with Gasteiger partial charge in [0.2, 0.25) is 0 Å². The van der Waals surface area contributed by atoms with Crippen molar-refractivity contribution < 1.29 is 14.6 Å². The van der Waals surface area contributed by atoms with Crippen LogP contribution in [0.2, 0.25) is 0 Å². The molecule has 0 saturated carbocycles. The molecule has 12 heavy (non-hydrogen) atoms. The molecule has 70 valence electrons. The molecule has 2 heterocycles. The van der Waals surface area contributed by atoms with Crippen molar-refractivity contribution in [1.82, 2.24) is 4.90 Å². The second kappa shape index (κ2) is 2.96. The largest absolute Gasteiger partial charge is 0.391 e. The average Bonchev–Trinajstić information content (AvgIpc) is 2.31. The Morgan fingerprint density at radius 2 is 2.17 bits per heavy atom. The van der Waals surface area contributed by atoms with Gasteiger partial charge in [0.1, 0.15) is 0 Å². The van der Waals surface area contributed by atoms with Gasteiger partial charge in [-0.3, -0.25) is 4.90 Å². The third-order valence-electron chi connectivity index (χ3n) is 2.55. The molecule has 1 N–H and O–H groups in total. The van der Waals surface area contributed by atoms with E-state index in [1.54, 1.807) is 0 Å². The third-order valence-corrected chi connectivity index (χ3v) is 2.55. The van der Waals surface area contributed by atoms with Crippen LogP contribution in [0.3, 0.4) is 0 Å². The van der Waals surface area contributed by atoms with Crippen LogP contribution in [0.25, 0.3) is 0 Å². The Balaban J connectivity index is 2.10. The maximum atomic E-state index is 9.72. The monoisotopic (exact) mass is 173 g/mol. The summed E-state index contributed by atoms with van der Waals surface area (Å²) >= 11 is 0. The van der Waals surface area contributed by atoms with Crippen LogP contribution in [-0.2, 0) is 9.47 Å². The zero-order valence-electron chi connectivity index (χ0n) is 7.43. The van der Waals surface area contributed by atoms with Gasteiger partial charge < -0.3 is 14.6 Å². The van der Waals surface area contributed by atoms with Gasteiger partial charge in [0.25, 0.3) is 0 Å². The van der Waals surface area contributed by atoms with Gasteiger partial charge in [0.05, 0.1) is 24.9 Å². The molecule has 2 saturated heterocycles. The molecular weight excluding hydrogens is 158 g/mol. The maximum Gasteiger partial charge on any atom is 0.176 e. The first-order valence-electron chi connectivity index (χ1n) is 4.30. The molecule has 0 spiro atoms. The fraction of sp³-hybridized carbons (Fsp3) is 1.00. The van der Waals surface area contributed by atoms with Crippen LogP contribution >= 0.6 is 0 Å². The molecule has 0 aromatic heterocycles. The normalized spacial score (nSPS) is 47.0. The van der Waals surface area contributed by atoms with Crippen molar-refractivity contribution in [3.8, 4) is 0 Å². The minimum atomic E-state index is -0.314. The van der Waals surface area contributed by atoms with Gasteiger partial charge in [-0.15, -0.1) is 0 Å². The fourth-order valence-electron chi connectivity index (χ4n) is 1.95. The van der Waals surface area contributed by atoms with Gasteiger partial charge in [-0.05, 0) is 14.1 Å². The molecule has 0 amide bonds. The van der Waals surface area contributed by atoms with E-state index in [1.807, 2.05) is 19.0 Å². The Kier molecular flexibility index (Phi) is 2.08. The zero-order chi connectivity index (χ0) is 8.72. The summed E-state index contributed by atoms with van der Waals surface area (Å²) in [5.41, 5.74) is 0. The molecule has 2 unspecified atom stereocenters. The van der Waals surface area contributed by atoms with Gasteiger partial charge in [0, 0.05) is 6.42 Å². The Hall–Kier alpha value is -0.160. The maximum absolute atomic E-state index is 9.72. The van der Waals surface area contributed by atoms with Crippen LogP contribution in [0, 0.1) is 0 Å². The highest BCUT2D eigenvalue weighted by Gasteiger charge is 2.44. The lowest BCUT2D eigenvalue weighted by Crippen LogP contribution is -2.51. The highest BCUT2D eigenvalue weighted by molar-refractivity contribution is 4.90. The van der Waals surface area contributed by atoms with E-state index in [4.69, 9.17) is 9.47 Å². The Morgan fingerprint density at radius 3 is 2.83 bits per heavy atom. The quantitative estimate of drug-likeness (QED) is 0.576. The number of likely N-dealkylation sites (N-methyl/N-ethyl adjacent to an activating group) is 1. The van der Waals surface area contributed by atoms with Gasteiger partial charge in [-0.25, -0.2) is 0 Å². The predicted octanol–water partition coefficient (Wildman–Crippen LogP) is -0.577. The molecule has 2 aliphatic rings. The van der Waals surface area contributed by atoms with Crippen molar-refractivity contribution in [1.29, 1.82) is 0 Å². The van der Waals surface area contributed by atoms with Crippen molar-refractivity contribution in [2.75, 3.05) is 20.7 Å². The molecule has 4 nitrogen and oxygen atoms in total. The zero-order valence-corrected chi connectivity index (χ0v) is 7.43. The molecule has 2 rings (SSSR count). The molecule has 0 aliphatic carbocycles. The standard InChI is InChI=1S/C8H15NO3/c1-9(2)7-6(10)3-5-4-11-8(7)12-5/h5-8,10H,3-4H2,1-2H3/t5?,6-,7-,8?/m1/s1. The highest BCUT2D eigenvalue weighted by Crippen LogP contribution is 2.29. The molecule has 2 aliphatic heterocycles. The lowest BCUT2D eigenvalue weighted by molar-refractivity contribution is -0.163. The second-order valence-corrected chi connectivity index (χ2v) is 3.72. The minimum absolute atomic E-state index is 0.0104. The summed E-state index contributed by atoms with van der Waals surface area (Å²) in [6, 6.07) is -0.0104. The molecule has 2 fully saturated rings. The van der Waals surface area contributed by atoms with Crippen molar-refractivity contribution >= 4 is 0 Å². The number of rotatable bonds is 1. The molecule has 0 aromatic carbocycles. The Bertz CT molecular complexity index is 174. The van der Waals surface area contributed by atoms with Crippen LogP contribution in [0.4, 0.5) is 0 Å². The van der Waals surface area contributed by atoms with E-state index in [9.17, 15) is 5.11 Å². The molecule has 0 radical (unpaired) electrons. The van der Waals surface area contributed by atoms with E-state index >= 15 is 0 Å². The van der Waals surface area contributed by atoms with E-state index in [1.165, 1.54) is 0 Å². The van der Waals surface area contributed by atoms with Gasteiger partial charge in [-0.2, -0.15) is 0 Å². The lowest BCUT2D eigenvalue weighted by atomic mass is 10.0. The van der Waals surface area contributed by atoms with E-state index in [2.05, 4.69) is 0 Å². The summed E-state index contributed by atoms with van der Waals surface area (Å²) in [5.74, 6) is 0. The highest BCUT2D eigenvalue weighted by atomic mass is 16.7. The van der Waals surface area contributed by atoms with E-state index in [-0.39, 0.29) is 24.5 Å². The molecule has 4 heteroatoms. The molecule has 0 aromatic rings. The van der Waals surface area contributed by atoms with Gasteiger partial charge in [-0.1, -0.05) is 0 Å². The first-order valence-corrected chi connectivity index (χ1v) is 4.30. The van der Waals surface area contributed by atoms with Crippen molar-refractivity contribution in [2.45, 2.75) is 31.0 Å². The summed E-state index contributed by atoms with van der Waals surface area (Å²) < 4.78 is 10.9. The van der Waals surface area contributed by atoms with Crippen LogP contribution in [0.1, 0.15) is 6.42 Å². The van der Waals surface area contributed by atoms with Crippen molar-refractivity contribution in [3.63, 3.8) is 0 Å². The summed E-state index contributed by atoms with van der Waals surface area (Å²) in [6.07, 6.45) is 0.264. The van der Waals surface area contributed by atoms with Crippen LogP contribution in [0.5, 0.6) is 0 Å². The predicted molar refractivity (Wildman–Crippen MR) is 42.7 cm³/mol. The number of aliphatic hydroxyl groups is 1. The third kappa shape index (κ3) is 1.25. The summed E-state index contributed by atoms with van der Waals surface area (Å²) in [4.78, 5) is 1.96. The van der Waals surface area contributed by atoms with Gasteiger partial charge in [0.15, 0.2) is 6.29 Å². The lowest BCUT2D eigenvalue weighted by Gasteiger charge is -2.36. The van der Waals surface area contributed by atoms with Crippen LogP contribution in [0.15, 0.2) is 0 Å². The van der Waals surface area contributed by atoms with E-state index < -0.39 is 0 Å². The number of aliphatic hydroxyl groups excluding tert-OH is 1. The second-order valence-electron chi connectivity index (χ2n) is 3.72. The number of hydrogen-bond acceptors (Lipinski definition) is 4. The number of ether oxygens (including phenoxy) is 2. The average molecular weight is 173 g/mol. The van der Waals surface area contributed by atoms with Crippen LogP contribution < -0.4 is 0 Å². The fourth-order valence-corrected chi connectivity index (χ4v) is 1.95. The first kappa shape index (κ1) is 8.44. The summed E-state index contributed by atoms with van der Waals surface area (Å²) in [7, 11) is 3.86. The van der Waals surface area contributed by atoms with Crippen molar-refractivity contribution in [3.05, 3.63) is 0 Å². The van der Waals surface area contributed by atoms with Crippen molar-refractivity contribution in [2.24, 2.45) is 0 Å². The molecule has 4 atom stereocenters. The SMILES string of the molecule is CN(C)[C@H]1C2OCC(C[C@H]1O)O2. The van der Waals surface area contributed by atoms with Gasteiger partial charge >= 0.3 is 0 Å². The topological polar surface area (TPSA) is 41.9 Å². The smallest absolute Gasteiger partial charge is 0.176 e. The number of fused-ring (bicyclic) bond motifs is 2. The Labute approximate surface area is 72.1 Å².